The highest BCUT2D eigenvalue weighted by Crippen LogP contribution is 2.53. The molecular weight excluding hydrogens is 728 g/mol. The maximum atomic E-state index is 12.9. The molecule has 1 saturated heterocycles. The first-order chi connectivity index (χ1) is 26.9. The van der Waals surface area contributed by atoms with Crippen LogP contribution in [0.5, 0.6) is 0 Å². The minimum atomic E-state index is -2.87. The van der Waals surface area contributed by atoms with Crippen LogP contribution >= 0.6 is 6.72 Å². The van der Waals surface area contributed by atoms with Gasteiger partial charge in [0.05, 0.1) is 25.2 Å². The molecular formula is C46H89O7PS. The maximum Gasteiger partial charge on any atom is 0.327 e. The minimum Gasteiger partial charge on any atom is -0.465 e. The fourth-order valence-electron chi connectivity index (χ4n) is 7.50. The molecule has 1 rings (SSSR count). The molecule has 55 heavy (non-hydrogen) atoms. The molecule has 0 unspecified atom stereocenters. The van der Waals surface area contributed by atoms with Crippen molar-refractivity contribution in [2.45, 2.75) is 245 Å². The molecule has 0 spiro atoms. The summed E-state index contributed by atoms with van der Waals surface area (Å²) in [5.41, 5.74) is -0.694. The van der Waals surface area contributed by atoms with Crippen LogP contribution in [-0.4, -0.2) is 45.0 Å². The molecule has 0 atom stereocenters. The first-order valence-electron chi connectivity index (χ1n) is 23.7. The van der Waals surface area contributed by atoms with E-state index in [9.17, 15) is 9.59 Å². The van der Waals surface area contributed by atoms with Crippen LogP contribution in [-0.2, 0) is 44.4 Å². The van der Waals surface area contributed by atoms with E-state index in [0.29, 0.717) is 32.5 Å². The van der Waals surface area contributed by atoms with Crippen molar-refractivity contribution in [2.24, 2.45) is 5.41 Å². The molecule has 0 aromatic rings. The largest absolute Gasteiger partial charge is 0.465 e. The van der Waals surface area contributed by atoms with Crippen LogP contribution in [0.2, 0.25) is 0 Å². The van der Waals surface area contributed by atoms with E-state index in [1.807, 2.05) is 0 Å². The summed E-state index contributed by atoms with van der Waals surface area (Å²) in [4.78, 5) is 25.7. The molecule has 0 N–H and O–H groups in total. The summed E-state index contributed by atoms with van der Waals surface area (Å²) in [5, 5.41) is 0. The first-order valence-corrected chi connectivity index (χ1v) is 26.3. The van der Waals surface area contributed by atoms with Gasteiger partial charge >= 0.3 is 18.7 Å². The van der Waals surface area contributed by atoms with Gasteiger partial charge in [-0.15, -0.1) is 0 Å². The maximum absolute atomic E-state index is 12.9. The average Bonchev–Trinajstić information content (AvgIpc) is 3.18. The molecule has 1 aliphatic heterocycles. The van der Waals surface area contributed by atoms with Crippen molar-refractivity contribution in [1.82, 2.24) is 0 Å². The van der Waals surface area contributed by atoms with Gasteiger partial charge in [-0.2, -0.15) is 0 Å². The summed E-state index contributed by atoms with van der Waals surface area (Å²) in [6.07, 6.45) is 41.8. The van der Waals surface area contributed by atoms with Crippen molar-refractivity contribution in [1.29, 1.82) is 0 Å². The van der Waals surface area contributed by atoms with Gasteiger partial charge in [-0.05, 0) is 37.5 Å². The van der Waals surface area contributed by atoms with Crippen molar-refractivity contribution in [3.05, 3.63) is 0 Å². The predicted molar refractivity (Wildman–Crippen MR) is 235 cm³/mol. The van der Waals surface area contributed by atoms with Crippen LogP contribution in [0.1, 0.15) is 245 Å². The Balaban J connectivity index is 2.32. The Kier molecular flexibility index (Phi) is 36.0. The van der Waals surface area contributed by atoms with E-state index in [4.69, 9.17) is 34.9 Å². The molecule has 0 saturated carbocycles. The summed E-state index contributed by atoms with van der Waals surface area (Å²) in [7, 11) is 0. The van der Waals surface area contributed by atoms with Gasteiger partial charge in [-0.1, -0.05) is 207 Å². The van der Waals surface area contributed by atoms with E-state index in [-0.39, 0.29) is 31.8 Å². The van der Waals surface area contributed by atoms with Crippen LogP contribution in [0.25, 0.3) is 0 Å². The highest BCUT2D eigenvalue weighted by atomic mass is 32.5. The lowest BCUT2D eigenvalue weighted by Gasteiger charge is -2.35. The lowest BCUT2D eigenvalue weighted by atomic mass is 9.86. The second-order valence-electron chi connectivity index (χ2n) is 16.7. The summed E-state index contributed by atoms with van der Waals surface area (Å²) in [5.74, 6) is -0.403. The van der Waals surface area contributed by atoms with Gasteiger partial charge in [0.15, 0.2) is 0 Å². The number of carbonyl (C=O) groups excluding carboxylic acids is 2. The summed E-state index contributed by atoms with van der Waals surface area (Å²) >= 11 is 5.60. The molecule has 0 amide bonds. The number of unbranched alkanes of at least 4 members (excludes halogenated alkanes) is 28. The molecule has 0 bridgehead atoms. The van der Waals surface area contributed by atoms with Gasteiger partial charge in [0.1, 0.15) is 13.2 Å². The number of hydrogen-bond acceptors (Lipinski definition) is 8. The topological polar surface area (TPSA) is 80.3 Å². The van der Waals surface area contributed by atoms with E-state index < -0.39 is 12.1 Å². The van der Waals surface area contributed by atoms with E-state index in [0.717, 1.165) is 51.4 Å². The molecule has 7 nitrogen and oxygen atoms in total. The second-order valence-corrected chi connectivity index (χ2v) is 19.7. The lowest BCUT2D eigenvalue weighted by Crippen LogP contribution is -2.39. The third-order valence-electron chi connectivity index (χ3n) is 11.1. The quantitative estimate of drug-likeness (QED) is 0.0343. The first kappa shape index (κ1) is 52.5. The van der Waals surface area contributed by atoms with Crippen molar-refractivity contribution >= 4 is 30.5 Å². The number of hydrogen-bond donors (Lipinski definition) is 0. The van der Waals surface area contributed by atoms with Gasteiger partial charge in [0.25, 0.3) is 0 Å². The SMILES string of the molecule is CCCCCCCCCCCCCCCCCC(=O)OCC(CCC)(COC(=O)CCCCCCCCCCCCCCCCC)COP1(=S)OCCCO1. The van der Waals surface area contributed by atoms with Crippen LogP contribution in [0, 0.1) is 5.41 Å². The van der Waals surface area contributed by atoms with E-state index in [1.54, 1.807) is 0 Å². The molecule has 1 fully saturated rings. The Bertz CT molecular complexity index is 872. The Morgan fingerprint density at radius 2 is 0.782 bits per heavy atom. The average molecular weight is 817 g/mol. The molecule has 0 aromatic carbocycles. The van der Waals surface area contributed by atoms with Gasteiger partial charge in [-0.25, -0.2) is 0 Å². The predicted octanol–water partition coefficient (Wildman–Crippen LogP) is 15.1. The second kappa shape index (κ2) is 37.7. The molecule has 0 aromatic heterocycles. The minimum absolute atomic E-state index is 0.125. The summed E-state index contributed by atoms with van der Waals surface area (Å²) in [6, 6.07) is 0. The van der Waals surface area contributed by atoms with Crippen molar-refractivity contribution in [2.75, 3.05) is 33.0 Å². The molecule has 0 aliphatic carbocycles. The molecule has 9 heteroatoms. The Labute approximate surface area is 345 Å². The Morgan fingerprint density at radius 3 is 1.09 bits per heavy atom. The zero-order chi connectivity index (χ0) is 40.0. The highest BCUT2D eigenvalue weighted by Gasteiger charge is 2.37. The van der Waals surface area contributed by atoms with Gasteiger partial charge in [-0.3, -0.25) is 9.59 Å². The van der Waals surface area contributed by atoms with Crippen molar-refractivity contribution < 1.29 is 32.6 Å². The number of ether oxygens (including phenoxy) is 2. The Hall–Kier alpha value is -0.530. The molecule has 0 radical (unpaired) electrons. The third kappa shape index (κ3) is 32.1. The lowest BCUT2D eigenvalue weighted by molar-refractivity contribution is -0.156. The van der Waals surface area contributed by atoms with Gasteiger partial charge in [0, 0.05) is 12.8 Å². The van der Waals surface area contributed by atoms with Gasteiger partial charge < -0.3 is 23.0 Å². The number of carbonyl (C=O) groups is 2. The van der Waals surface area contributed by atoms with Crippen LogP contribution in [0.4, 0.5) is 0 Å². The third-order valence-corrected chi connectivity index (χ3v) is 13.5. The smallest absolute Gasteiger partial charge is 0.327 e. The molecule has 1 heterocycles. The number of esters is 2. The van der Waals surface area contributed by atoms with Crippen LogP contribution in [0.15, 0.2) is 0 Å². The monoisotopic (exact) mass is 817 g/mol. The van der Waals surface area contributed by atoms with Crippen molar-refractivity contribution in [3.8, 4) is 0 Å². The van der Waals surface area contributed by atoms with Crippen LogP contribution < -0.4 is 0 Å². The normalized spacial score (nSPS) is 14.3. The van der Waals surface area contributed by atoms with Gasteiger partial charge in [0.2, 0.25) is 0 Å². The zero-order valence-electron chi connectivity index (χ0n) is 36.5. The zero-order valence-corrected chi connectivity index (χ0v) is 38.2. The summed E-state index contributed by atoms with van der Waals surface area (Å²) in [6.45, 7) is 5.20. The van der Waals surface area contributed by atoms with Crippen LogP contribution in [0.3, 0.4) is 0 Å². The molecule has 1 aliphatic rings. The standard InChI is InChI=1S/C46H89O7PS/c1-4-7-9-11-13-15-17-19-21-23-25-27-29-31-33-36-44(47)49-41-46(38-6-3,43-53-54(55)51-39-35-40-52-54)42-50-45(48)37-34-32-30-28-26-24-22-20-18-16-14-12-10-8-5-2/h4-43H2,1-3H3. The fraction of sp³-hybridized carbons (Fsp3) is 0.957. The summed E-state index contributed by atoms with van der Waals surface area (Å²) < 4.78 is 29.3. The number of rotatable bonds is 41. The molecule has 326 valence electrons. The van der Waals surface area contributed by atoms with E-state index in [1.165, 1.54) is 154 Å². The van der Waals surface area contributed by atoms with Crippen molar-refractivity contribution in [3.63, 3.8) is 0 Å². The Morgan fingerprint density at radius 1 is 0.473 bits per heavy atom. The fourth-order valence-corrected chi connectivity index (χ4v) is 9.47. The van der Waals surface area contributed by atoms with E-state index >= 15 is 0 Å². The highest BCUT2D eigenvalue weighted by molar-refractivity contribution is 8.07. The van der Waals surface area contributed by atoms with E-state index in [2.05, 4.69) is 20.8 Å².